The molecule has 160 valence electrons. The van der Waals surface area contributed by atoms with Crippen molar-refractivity contribution >= 4 is 29.4 Å². The summed E-state index contributed by atoms with van der Waals surface area (Å²) in [7, 11) is 2.75. The number of hydrogen-bond acceptors (Lipinski definition) is 6. The van der Waals surface area contributed by atoms with Crippen LogP contribution in [-0.2, 0) is 23.9 Å². The van der Waals surface area contributed by atoms with Gasteiger partial charge >= 0.3 is 11.9 Å². The van der Waals surface area contributed by atoms with Crippen LogP contribution in [0.25, 0.3) is 0 Å². The van der Waals surface area contributed by atoms with Gasteiger partial charge in [0.1, 0.15) is 22.8 Å². The van der Waals surface area contributed by atoms with Gasteiger partial charge < -0.3 is 19.1 Å². The van der Waals surface area contributed by atoms with Crippen LogP contribution in [0.2, 0.25) is 0 Å². The highest BCUT2D eigenvalue weighted by molar-refractivity contribution is 6.27. The highest BCUT2D eigenvalue weighted by atomic mass is 35.5. The third-order valence-corrected chi connectivity index (χ3v) is 5.21. The smallest absolute Gasteiger partial charge is 0.331 e. The predicted molar refractivity (Wildman–Crippen MR) is 108 cm³/mol. The molecule has 0 aliphatic carbocycles. The molecule has 1 fully saturated rings. The molecule has 0 aromatic heterocycles. The molecule has 7 nitrogen and oxygen atoms in total. The van der Waals surface area contributed by atoms with Gasteiger partial charge in [0.25, 0.3) is 0 Å². The zero-order chi connectivity index (χ0) is 22.0. The number of nitrogens with zero attached hydrogens (tertiary/aromatic N) is 1. The molecular weight excluding hydrogens is 398 g/mol. The maximum Gasteiger partial charge on any atom is 0.331 e. The topological polar surface area (TPSA) is 82.1 Å². The van der Waals surface area contributed by atoms with Gasteiger partial charge in [-0.2, -0.15) is 0 Å². The van der Waals surface area contributed by atoms with Gasteiger partial charge in [0.05, 0.1) is 26.2 Å². The fourth-order valence-corrected chi connectivity index (χ4v) is 4.01. The van der Waals surface area contributed by atoms with Crippen molar-refractivity contribution in [3.05, 3.63) is 29.8 Å². The molecule has 1 heterocycles. The van der Waals surface area contributed by atoms with Crippen molar-refractivity contribution in [3.63, 3.8) is 0 Å². The van der Waals surface area contributed by atoms with E-state index in [1.165, 1.54) is 19.1 Å². The van der Waals surface area contributed by atoms with Gasteiger partial charge in [-0.1, -0.05) is 18.2 Å². The highest BCUT2D eigenvalue weighted by Gasteiger charge is 2.59. The lowest BCUT2D eigenvalue weighted by Gasteiger charge is -2.36. The molecule has 3 unspecified atom stereocenters. The van der Waals surface area contributed by atoms with Crippen LogP contribution in [0, 0.1) is 5.92 Å². The predicted octanol–water partition coefficient (Wildman–Crippen LogP) is 3.10. The number of rotatable bonds is 5. The second kappa shape index (κ2) is 8.61. The molecule has 1 aromatic rings. The van der Waals surface area contributed by atoms with E-state index in [-0.39, 0.29) is 12.3 Å². The molecule has 0 radical (unpaired) electrons. The number of para-hydroxylation sites is 1. The van der Waals surface area contributed by atoms with E-state index in [0.717, 1.165) is 0 Å². The maximum atomic E-state index is 13.1. The average molecular weight is 426 g/mol. The van der Waals surface area contributed by atoms with E-state index in [9.17, 15) is 14.4 Å². The minimum atomic E-state index is -1.38. The number of hydrogen-bond donors (Lipinski definition) is 0. The summed E-state index contributed by atoms with van der Waals surface area (Å²) in [4.78, 5) is 40.0. The summed E-state index contributed by atoms with van der Waals surface area (Å²) in [6, 6.07) is 6.27. The number of amides is 1. The Hall–Kier alpha value is -2.28. The molecule has 1 amide bonds. The molecule has 0 N–H and O–H groups in total. The number of ether oxygens (including phenoxy) is 3. The summed E-state index contributed by atoms with van der Waals surface area (Å²) in [6.45, 7) is 6.87. The van der Waals surface area contributed by atoms with Crippen molar-refractivity contribution in [1.29, 1.82) is 0 Å². The number of halogens is 1. The van der Waals surface area contributed by atoms with Gasteiger partial charge in [0.15, 0.2) is 0 Å². The zero-order valence-corrected chi connectivity index (χ0v) is 18.4. The Morgan fingerprint density at radius 2 is 1.83 bits per heavy atom. The number of likely N-dealkylation sites (tertiary alicyclic amines) is 1. The zero-order valence-electron chi connectivity index (χ0n) is 17.7. The SMILES string of the molecule is COC(=O)C1(C)CC(C(=O)OC(C)(C)C)C(c2ccccc2OC)N1C(=O)CCl. The fraction of sp³-hybridized carbons (Fsp3) is 0.571. The average Bonchev–Trinajstić information content (AvgIpc) is 2.99. The van der Waals surface area contributed by atoms with Gasteiger partial charge in [-0.05, 0) is 40.2 Å². The van der Waals surface area contributed by atoms with Crippen molar-refractivity contribution in [2.24, 2.45) is 5.92 Å². The summed E-state index contributed by atoms with van der Waals surface area (Å²) in [5.41, 5.74) is -1.51. The summed E-state index contributed by atoms with van der Waals surface area (Å²) in [6.07, 6.45) is 0.0416. The van der Waals surface area contributed by atoms with Crippen LogP contribution in [0.3, 0.4) is 0 Å². The van der Waals surface area contributed by atoms with E-state index in [1.54, 1.807) is 52.0 Å². The van der Waals surface area contributed by atoms with Crippen LogP contribution in [0.1, 0.15) is 45.7 Å². The number of alkyl halides is 1. The molecule has 1 aliphatic heterocycles. The quantitative estimate of drug-likeness (QED) is 0.532. The van der Waals surface area contributed by atoms with E-state index in [0.29, 0.717) is 11.3 Å². The van der Waals surface area contributed by atoms with Crippen LogP contribution >= 0.6 is 11.6 Å². The molecule has 29 heavy (non-hydrogen) atoms. The lowest BCUT2D eigenvalue weighted by Crippen LogP contribution is -2.52. The molecule has 8 heteroatoms. The largest absolute Gasteiger partial charge is 0.496 e. The van der Waals surface area contributed by atoms with E-state index in [2.05, 4.69) is 0 Å². The third-order valence-electron chi connectivity index (χ3n) is 4.98. The molecule has 0 bridgehead atoms. The van der Waals surface area contributed by atoms with Crippen molar-refractivity contribution in [1.82, 2.24) is 4.90 Å². The normalized spacial score (nSPS) is 24.2. The van der Waals surface area contributed by atoms with E-state index >= 15 is 0 Å². The number of esters is 2. The minimum absolute atomic E-state index is 0.0416. The molecule has 1 saturated heterocycles. The van der Waals surface area contributed by atoms with Crippen molar-refractivity contribution < 1.29 is 28.6 Å². The highest BCUT2D eigenvalue weighted by Crippen LogP contribution is 2.50. The second-order valence-corrected chi connectivity index (χ2v) is 8.46. The van der Waals surface area contributed by atoms with Crippen LogP contribution in [0.5, 0.6) is 5.75 Å². The van der Waals surface area contributed by atoms with E-state index in [4.69, 9.17) is 25.8 Å². The van der Waals surface area contributed by atoms with Gasteiger partial charge in [0, 0.05) is 5.56 Å². The number of carbonyl (C=O) groups excluding carboxylic acids is 3. The summed E-state index contributed by atoms with van der Waals surface area (Å²) >= 11 is 5.88. The van der Waals surface area contributed by atoms with Gasteiger partial charge in [-0.3, -0.25) is 9.59 Å². The molecule has 0 saturated carbocycles. The molecule has 1 aromatic carbocycles. The molecule has 0 spiro atoms. The van der Waals surface area contributed by atoms with Gasteiger partial charge in [-0.15, -0.1) is 11.6 Å². The van der Waals surface area contributed by atoms with Gasteiger partial charge in [0.2, 0.25) is 5.91 Å². The Morgan fingerprint density at radius 3 is 2.34 bits per heavy atom. The number of carbonyl (C=O) groups is 3. The van der Waals surface area contributed by atoms with E-state index < -0.39 is 40.9 Å². The standard InChI is InChI=1S/C21H28ClNO6/c1-20(2,3)29-18(25)14-11-21(4,19(26)28-6)23(16(24)12-22)17(14)13-9-7-8-10-15(13)27-5/h7-10,14,17H,11-12H2,1-6H3. The van der Waals surface area contributed by atoms with Crippen LogP contribution < -0.4 is 4.74 Å². The molecule has 1 aliphatic rings. The Morgan fingerprint density at radius 1 is 1.21 bits per heavy atom. The Bertz CT molecular complexity index is 790. The fourth-order valence-electron chi connectivity index (χ4n) is 3.88. The summed E-state index contributed by atoms with van der Waals surface area (Å²) in [5.74, 6) is -2.27. The third kappa shape index (κ3) is 4.50. The van der Waals surface area contributed by atoms with Crippen LogP contribution in [0.15, 0.2) is 24.3 Å². The van der Waals surface area contributed by atoms with Gasteiger partial charge in [-0.25, -0.2) is 4.79 Å². The maximum absolute atomic E-state index is 13.1. The van der Waals surface area contributed by atoms with Crippen LogP contribution in [-0.4, -0.2) is 54.0 Å². The Kier molecular flexibility index (Phi) is 6.83. The minimum Gasteiger partial charge on any atom is -0.496 e. The Balaban J connectivity index is 2.68. The van der Waals surface area contributed by atoms with Crippen molar-refractivity contribution in [3.8, 4) is 5.75 Å². The molecule has 3 atom stereocenters. The summed E-state index contributed by atoms with van der Waals surface area (Å²) in [5, 5.41) is 0. The first-order chi connectivity index (χ1) is 13.5. The van der Waals surface area contributed by atoms with Crippen LogP contribution in [0.4, 0.5) is 0 Å². The molecule has 2 rings (SSSR count). The monoisotopic (exact) mass is 425 g/mol. The Labute approximate surface area is 176 Å². The number of benzene rings is 1. The first-order valence-electron chi connectivity index (χ1n) is 9.32. The van der Waals surface area contributed by atoms with Crippen molar-refractivity contribution in [2.45, 2.75) is 51.3 Å². The van der Waals surface area contributed by atoms with Crippen molar-refractivity contribution in [2.75, 3.05) is 20.1 Å². The lowest BCUT2D eigenvalue weighted by molar-refractivity contribution is -0.161. The first kappa shape index (κ1) is 23.0. The lowest BCUT2D eigenvalue weighted by atomic mass is 9.89. The number of methoxy groups -OCH3 is 2. The van der Waals surface area contributed by atoms with E-state index in [1.807, 2.05) is 0 Å². The second-order valence-electron chi connectivity index (χ2n) is 8.19. The first-order valence-corrected chi connectivity index (χ1v) is 9.86. The summed E-state index contributed by atoms with van der Waals surface area (Å²) < 4.78 is 16.0. The molecular formula is C21H28ClNO6.